The second kappa shape index (κ2) is 5.48. The van der Waals surface area contributed by atoms with Crippen molar-refractivity contribution in [1.29, 1.82) is 0 Å². The Morgan fingerprint density at radius 2 is 1.88 bits per heavy atom. The summed E-state index contributed by atoms with van der Waals surface area (Å²) in [5, 5.41) is 15.3. The van der Waals surface area contributed by atoms with Crippen LogP contribution in [0.2, 0.25) is 5.02 Å². The Hall–Kier alpha value is -2.61. The topological polar surface area (TPSA) is 70.3 Å². The Kier molecular flexibility index (Phi) is 3.71. The van der Waals surface area contributed by atoms with Gasteiger partial charge in [-0.3, -0.25) is 0 Å². The zero-order valence-electron chi connectivity index (χ0n) is 12.1. The van der Waals surface area contributed by atoms with E-state index in [0.29, 0.717) is 15.1 Å². The second-order valence-corrected chi connectivity index (χ2v) is 5.45. The zero-order chi connectivity index (χ0) is 17.6. The summed E-state index contributed by atoms with van der Waals surface area (Å²) in [7, 11) is 0. The summed E-state index contributed by atoms with van der Waals surface area (Å²) >= 11 is 5.77. The smallest absolute Gasteiger partial charge is 0.433 e. The first kappa shape index (κ1) is 16.3. The van der Waals surface area contributed by atoms with Gasteiger partial charge in [-0.25, -0.2) is 9.50 Å². The number of aromatic nitrogens is 3. The lowest BCUT2D eigenvalue weighted by molar-refractivity contribution is -0.254. The first-order chi connectivity index (χ1) is 11.2. The van der Waals surface area contributed by atoms with E-state index in [-0.39, 0.29) is 11.4 Å². The minimum absolute atomic E-state index is 0.0473. The number of carboxylic acids is 1. The number of carbonyl (C=O) groups excluding carboxylic acids is 1. The summed E-state index contributed by atoms with van der Waals surface area (Å²) in [4.78, 5) is 15.3. The first-order valence-electron chi connectivity index (χ1n) is 6.63. The number of hydrogen-bond donors (Lipinski definition) is 0. The van der Waals surface area contributed by atoms with Crippen LogP contribution in [0.4, 0.5) is 13.2 Å². The highest BCUT2D eigenvalue weighted by atomic mass is 35.5. The highest BCUT2D eigenvalue weighted by molar-refractivity contribution is 6.30. The Morgan fingerprint density at radius 1 is 1.25 bits per heavy atom. The van der Waals surface area contributed by atoms with Crippen molar-refractivity contribution in [2.24, 2.45) is 0 Å². The summed E-state index contributed by atoms with van der Waals surface area (Å²) in [6.07, 6.45) is -4.75. The number of benzene rings is 1. The van der Waals surface area contributed by atoms with Crippen molar-refractivity contribution in [2.45, 2.75) is 13.1 Å². The third-order valence-corrected chi connectivity index (χ3v) is 3.65. The number of aryl methyl sites for hydroxylation is 1. The summed E-state index contributed by atoms with van der Waals surface area (Å²) in [6.45, 7) is 1.28. The summed E-state index contributed by atoms with van der Waals surface area (Å²) in [5.74, 6) is -1.64. The second-order valence-electron chi connectivity index (χ2n) is 5.01. The standard InChI is InChI=1S/C15H9ClF3N3O2/c1-7-12(14(23)24)13-20-10(8-2-4-9(16)5-3-8)6-11(15(17,18)19)22(13)21-7/h2-6H,1H3,(H,23,24)/p-1. The van der Waals surface area contributed by atoms with Crippen molar-refractivity contribution < 1.29 is 23.1 Å². The van der Waals surface area contributed by atoms with Crippen LogP contribution in [0.3, 0.4) is 0 Å². The van der Waals surface area contributed by atoms with Gasteiger partial charge in [0.2, 0.25) is 0 Å². The van der Waals surface area contributed by atoms with E-state index in [9.17, 15) is 23.1 Å². The van der Waals surface area contributed by atoms with Crippen LogP contribution in [0.1, 0.15) is 21.7 Å². The van der Waals surface area contributed by atoms with Crippen LogP contribution >= 0.6 is 11.6 Å². The van der Waals surface area contributed by atoms with E-state index in [1.807, 2.05) is 0 Å². The third-order valence-electron chi connectivity index (χ3n) is 3.40. The van der Waals surface area contributed by atoms with Gasteiger partial charge in [0.05, 0.1) is 22.9 Å². The van der Waals surface area contributed by atoms with Gasteiger partial charge in [0.1, 0.15) is 0 Å². The van der Waals surface area contributed by atoms with E-state index < -0.39 is 29.1 Å². The van der Waals surface area contributed by atoms with Crippen LogP contribution in [-0.4, -0.2) is 20.6 Å². The van der Waals surface area contributed by atoms with Crippen LogP contribution < -0.4 is 5.11 Å². The molecular formula is C15H8ClF3N3O2-. The largest absolute Gasteiger partial charge is 0.545 e. The van der Waals surface area contributed by atoms with Crippen molar-refractivity contribution in [3.05, 3.63) is 52.3 Å². The average molecular weight is 355 g/mol. The minimum atomic E-state index is -4.75. The maximum atomic E-state index is 13.3. The van der Waals surface area contributed by atoms with Gasteiger partial charge >= 0.3 is 6.18 Å². The van der Waals surface area contributed by atoms with Gasteiger partial charge in [-0.2, -0.15) is 18.3 Å². The van der Waals surface area contributed by atoms with Crippen molar-refractivity contribution in [3.8, 4) is 11.3 Å². The molecule has 0 unspecified atom stereocenters. The normalized spacial score (nSPS) is 11.9. The first-order valence-corrected chi connectivity index (χ1v) is 7.01. The Morgan fingerprint density at radius 3 is 2.42 bits per heavy atom. The quantitative estimate of drug-likeness (QED) is 0.709. The molecule has 0 aliphatic carbocycles. The fourth-order valence-electron chi connectivity index (χ4n) is 2.33. The van der Waals surface area contributed by atoms with Gasteiger partial charge in [-0.05, 0) is 25.1 Å². The van der Waals surface area contributed by atoms with Gasteiger partial charge in [-0.1, -0.05) is 23.7 Å². The SMILES string of the molecule is Cc1nn2c(C(F)(F)F)cc(-c3ccc(Cl)cc3)nc2c1C(=O)[O-]. The third kappa shape index (κ3) is 2.69. The summed E-state index contributed by atoms with van der Waals surface area (Å²) < 4.78 is 40.5. The van der Waals surface area contributed by atoms with Gasteiger partial charge in [0.15, 0.2) is 11.3 Å². The molecule has 2 aromatic heterocycles. The van der Waals surface area contributed by atoms with E-state index in [4.69, 9.17) is 11.6 Å². The van der Waals surface area contributed by atoms with Crippen LogP contribution in [0.25, 0.3) is 16.9 Å². The van der Waals surface area contributed by atoms with Crippen LogP contribution in [0, 0.1) is 6.92 Å². The number of halogens is 4. The summed E-state index contributed by atoms with van der Waals surface area (Å²) in [6, 6.07) is 6.78. The van der Waals surface area contributed by atoms with Gasteiger partial charge in [-0.15, -0.1) is 0 Å². The number of rotatable bonds is 2. The number of fused-ring (bicyclic) bond motifs is 1. The number of carboxylic acid groups (broad SMARTS) is 1. The summed E-state index contributed by atoms with van der Waals surface area (Å²) in [5.41, 5.74) is -1.83. The average Bonchev–Trinajstić information content (AvgIpc) is 2.81. The lowest BCUT2D eigenvalue weighted by Crippen LogP contribution is -2.23. The lowest BCUT2D eigenvalue weighted by Gasteiger charge is -2.11. The van der Waals surface area contributed by atoms with Crippen molar-refractivity contribution in [1.82, 2.24) is 14.6 Å². The maximum absolute atomic E-state index is 13.3. The van der Waals surface area contributed by atoms with E-state index in [0.717, 1.165) is 6.07 Å². The molecule has 0 amide bonds. The molecule has 0 aliphatic rings. The maximum Gasteiger partial charge on any atom is 0.433 e. The Bertz CT molecular complexity index is 949. The molecular weight excluding hydrogens is 347 g/mol. The van der Waals surface area contributed by atoms with E-state index in [2.05, 4.69) is 10.1 Å². The molecule has 0 spiro atoms. The number of alkyl halides is 3. The monoisotopic (exact) mass is 354 g/mol. The van der Waals surface area contributed by atoms with E-state index in [1.165, 1.54) is 31.2 Å². The Labute approximate surface area is 138 Å². The molecule has 9 heteroatoms. The molecule has 0 N–H and O–H groups in total. The van der Waals surface area contributed by atoms with Gasteiger partial charge in [0.25, 0.3) is 0 Å². The fourth-order valence-corrected chi connectivity index (χ4v) is 2.46. The Balaban J connectivity index is 2.38. The van der Waals surface area contributed by atoms with Crippen molar-refractivity contribution in [2.75, 3.05) is 0 Å². The van der Waals surface area contributed by atoms with E-state index in [1.54, 1.807) is 0 Å². The molecule has 0 saturated heterocycles. The number of nitrogens with zero attached hydrogens (tertiary/aromatic N) is 3. The predicted molar refractivity (Wildman–Crippen MR) is 77.5 cm³/mol. The molecule has 0 bridgehead atoms. The van der Waals surface area contributed by atoms with Crippen LogP contribution in [-0.2, 0) is 6.18 Å². The number of hydrogen-bond acceptors (Lipinski definition) is 4. The molecule has 3 aromatic rings. The molecule has 0 saturated carbocycles. The van der Waals surface area contributed by atoms with Crippen molar-refractivity contribution >= 4 is 23.2 Å². The number of aromatic carboxylic acids is 1. The van der Waals surface area contributed by atoms with Gasteiger partial charge < -0.3 is 9.90 Å². The highest BCUT2D eigenvalue weighted by Crippen LogP contribution is 2.33. The zero-order valence-corrected chi connectivity index (χ0v) is 12.8. The molecule has 24 heavy (non-hydrogen) atoms. The van der Waals surface area contributed by atoms with Crippen LogP contribution in [0.15, 0.2) is 30.3 Å². The molecule has 0 radical (unpaired) electrons. The van der Waals surface area contributed by atoms with Gasteiger partial charge in [0, 0.05) is 10.6 Å². The molecule has 124 valence electrons. The predicted octanol–water partition coefficient (Wildman–Crippen LogP) is 2.74. The number of carbonyl (C=O) groups is 1. The molecule has 2 heterocycles. The molecule has 1 aromatic carbocycles. The van der Waals surface area contributed by atoms with Crippen LogP contribution in [0.5, 0.6) is 0 Å². The minimum Gasteiger partial charge on any atom is -0.545 e. The van der Waals surface area contributed by atoms with E-state index >= 15 is 0 Å². The lowest BCUT2D eigenvalue weighted by atomic mass is 10.1. The molecule has 0 atom stereocenters. The molecule has 3 rings (SSSR count). The highest BCUT2D eigenvalue weighted by Gasteiger charge is 2.36. The molecule has 0 fully saturated rings. The fraction of sp³-hybridized carbons (Fsp3) is 0.133. The molecule has 0 aliphatic heterocycles. The van der Waals surface area contributed by atoms with Crippen molar-refractivity contribution in [3.63, 3.8) is 0 Å². The molecule has 5 nitrogen and oxygen atoms in total.